The number of nitrogens with one attached hydrogen (secondary N) is 2. The molecular formula is C13H23N3O4S. The van der Waals surface area contributed by atoms with Gasteiger partial charge in [0, 0.05) is 33.3 Å². The van der Waals surface area contributed by atoms with Crippen molar-refractivity contribution in [2.45, 2.75) is 25.4 Å². The smallest absolute Gasteiger partial charge is 0.275 e. The van der Waals surface area contributed by atoms with Gasteiger partial charge in [-0.1, -0.05) is 6.92 Å². The number of nitrogens with zero attached hydrogens (tertiary/aromatic N) is 1. The van der Waals surface area contributed by atoms with Crippen molar-refractivity contribution >= 4 is 15.9 Å². The maximum Gasteiger partial charge on any atom is 0.275 e. The van der Waals surface area contributed by atoms with Gasteiger partial charge in [-0.15, -0.1) is 0 Å². The maximum absolute atomic E-state index is 12.0. The summed E-state index contributed by atoms with van der Waals surface area (Å²) in [5.74, 6) is -0.0517. The van der Waals surface area contributed by atoms with Crippen LogP contribution in [0.25, 0.3) is 0 Å². The Morgan fingerprint density at radius 3 is 2.52 bits per heavy atom. The normalized spacial score (nSPS) is 11.9. The predicted octanol–water partition coefficient (Wildman–Crippen LogP) is 0.568. The van der Waals surface area contributed by atoms with Crippen LogP contribution >= 0.6 is 0 Å². The third kappa shape index (κ3) is 4.55. The first-order chi connectivity index (χ1) is 9.80. The highest BCUT2D eigenvalue weighted by Crippen LogP contribution is 2.21. The van der Waals surface area contributed by atoms with Crippen molar-refractivity contribution in [2.24, 2.45) is 0 Å². The highest BCUT2D eigenvalue weighted by atomic mass is 32.2. The predicted molar refractivity (Wildman–Crippen MR) is 79.8 cm³/mol. The average Bonchev–Trinajstić information content (AvgIpc) is 2.81. The second kappa shape index (κ2) is 7.58. The zero-order chi connectivity index (χ0) is 16.0. The molecule has 2 N–H and O–H groups in total. The van der Waals surface area contributed by atoms with Crippen LogP contribution in [0.3, 0.4) is 0 Å². The Hall–Kier alpha value is -1.38. The third-order valence-corrected chi connectivity index (χ3v) is 4.56. The van der Waals surface area contributed by atoms with Crippen molar-refractivity contribution in [3.8, 4) is 0 Å². The largest absolute Gasteiger partial charge is 0.448 e. The molecule has 0 atom stereocenters. The van der Waals surface area contributed by atoms with E-state index in [1.165, 1.54) is 20.2 Å². The molecule has 0 saturated heterocycles. The van der Waals surface area contributed by atoms with Crippen molar-refractivity contribution in [2.75, 3.05) is 33.7 Å². The minimum absolute atomic E-state index is 0.223. The van der Waals surface area contributed by atoms with Gasteiger partial charge in [0.05, 0.1) is 5.56 Å². The SMILES string of the molecule is CCCNCCNC(=O)c1cc(S(=O)(=O)N(C)C)oc1C. The van der Waals surface area contributed by atoms with E-state index in [-0.39, 0.29) is 22.3 Å². The molecule has 7 nitrogen and oxygen atoms in total. The van der Waals surface area contributed by atoms with Crippen LogP contribution in [0.1, 0.15) is 29.5 Å². The molecule has 0 aliphatic rings. The lowest BCUT2D eigenvalue weighted by molar-refractivity contribution is 0.0952. The fraction of sp³-hybridized carbons (Fsp3) is 0.615. The number of aryl methyl sites for hydroxylation is 1. The lowest BCUT2D eigenvalue weighted by Gasteiger charge is -2.07. The average molecular weight is 317 g/mol. The van der Waals surface area contributed by atoms with Crippen LogP contribution in [-0.2, 0) is 10.0 Å². The molecule has 1 amide bonds. The monoisotopic (exact) mass is 317 g/mol. The molecule has 0 saturated carbocycles. The molecule has 1 rings (SSSR count). The molecule has 21 heavy (non-hydrogen) atoms. The van der Waals surface area contributed by atoms with Gasteiger partial charge in [-0.2, -0.15) is 0 Å². The van der Waals surface area contributed by atoms with Crippen LogP contribution in [0.5, 0.6) is 0 Å². The first-order valence-corrected chi connectivity index (χ1v) is 8.26. The summed E-state index contributed by atoms with van der Waals surface area (Å²) in [5.41, 5.74) is 0.242. The summed E-state index contributed by atoms with van der Waals surface area (Å²) in [6.45, 7) is 5.66. The fourth-order valence-electron chi connectivity index (χ4n) is 1.65. The molecule has 0 aliphatic carbocycles. The first kappa shape index (κ1) is 17.7. The van der Waals surface area contributed by atoms with E-state index in [9.17, 15) is 13.2 Å². The van der Waals surface area contributed by atoms with Crippen molar-refractivity contribution in [3.05, 3.63) is 17.4 Å². The van der Waals surface area contributed by atoms with Gasteiger partial charge in [-0.25, -0.2) is 12.7 Å². The van der Waals surface area contributed by atoms with Crippen molar-refractivity contribution in [1.29, 1.82) is 0 Å². The number of hydrogen-bond acceptors (Lipinski definition) is 5. The first-order valence-electron chi connectivity index (χ1n) is 6.82. The molecule has 8 heteroatoms. The summed E-state index contributed by atoms with van der Waals surface area (Å²) in [5, 5.41) is 5.66. The summed E-state index contributed by atoms with van der Waals surface area (Å²) in [6, 6.07) is 1.26. The topological polar surface area (TPSA) is 91.6 Å². The Labute approximate surface area is 125 Å². The molecule has 120 valence electrons. The molecule has 0 radical (unpaired) electrons. The third-order valence-electron chi connectivity index (χ3n) is 2.89. The standard InChI is InChI=1S/C13H23N3O4S/c1-5-6-14-7-8-15-13(17)11-9-12(20-10(11)2)21(18,19)16(3)4/h9,14H,5-8H2,1-4H3,(H,15,17). The number of carbonyl (C=O) groups excluding carboxylic acids is 1. The van der Waals surface area contributed by atoms with Crippen LogP contribution in [0.4, 0.5) is 0 Å². The zero-order valence-corrected chi connectivity index (χ0v) is 13.7. The molecule has 0 fully saturated rings. The Bertz CT molecular complexity index is 578. The van der Waals surface area contributed by atoms with Crippen LogP contribution < -0.4 is 10.6 Å². The number of sulfonamides is 1. The molecular weight excluding hydrogens is 294 g/mol. The van der Waals surface area contributed by atoms with Crippen molar-refractivity contribution in [3.63, 3.8) is 0 Å². The molecule has 0 unspecified atom stereocenters. The maximum atomic E-state index is 12.0. The number of furan rings is 1. The van der Waals surface area contributed by atoms with E-state index in [1.807, 2.05) is 0 Å². The van der Waals surface area contributed by atoms with Crippen LogP contribution in [-0.4, -0.2) is 52.4 Å². The minimum atomic E-state index is -3.67. The summed E-state index contributed by atoms with van der Waals surface area (Å²) in [7, 11) is -0.852. The molecule has 0 aliphatic heterocycles. The quantitative estimate of drug-likeness (QED) is 0.684. The number of amides is 1. The van der Waals surface area contributed by atoms with E-state index < -0.39 is 10.0 Å². The van der Waals surface area contributed by atoms with E-state index in [2.05, 4.69) is 17.6 Å². The van der Waals surface area contributed by atoms with Gasteiger partial charge in [-0.3, -0.25) is 4.79 Å². The highest BCUT2D eigenvalue weighted by Gasteiger charge is 2.25. The molecule has 1 heterocycles. The Morgan fingerprint density at radius 2 is 1.95 bits per heavy atom. The van der Waals surface area contributed by atoms with E-state index >= 15 is 0 Å². The van der Waals surface area contributed by atoms with E-state index in [4.69, 9.17) is 4.42 Å². The Balaban J connectivity index is 2.72. The van der Waals surface area contributed by atoms with Gasteiger partial charge in [0.25, 0.3) is 15.9 Å². The minimum Gasteiger partial charge on any atom is -0.448 e. The van der Waals surface area contributed by atoms with Gasteiger partial charge in [0.15, 0.2) is 0 Å². The summed E-state index contributed by atoms with van der Waals surface area (Å²) in [6.07, 6.45) is 1.03. The van der Waals surface area contributed by atoms with E-state index in [1.54, 1.807) is 6.92 Å². The van der Waals surface area contributed by atoms with E-state index in [0.29, 0.717) is 13.1 Å². The molecule has 0 aromatic carbocycles. The van der Waals surface area contributed by atoms with Gasteiger partial charge >= 0.3 is 0 Å². The van der Waals surface area contributed by atoms with E-state index in [0.717, 1.165) is 17.3 Å². The molecule has 1 aromatic heterocycles. The fourth-order valence-corrected chi connectivity index (χ4v) is 2.51. The van der Waals surface area contributed by atoms with Gasteiger partial charge in [0.2, 0.25) is 5.09 Å². The van der Waals surface area contributed by atoms with Gasteiger partial charge in [-0.05, 0) is 19.9 Å². The number of rotatable bonds is 8. The second-order valence-electron chi connectivity index (χ2n) is 4.83. The van der Waals surface area contributed by atoms with Crippen molar-refractivity contribution in [1.82, 2.24) is 14.9 Å². The van der Waals surface area contributed by atoms with Crippen LogP contribution in [0, 0.1) is 6.92 Å². The lowest BCUT2D eigenvalue weighted by atomic mass is 10.2. The summed E-state index contributed by atoms with van der Waals surface area (Å²) < 4.78 is 30.1. The molecule has 0 bridgehead atoms. The van der Waals surface area contributed by atoms with Crippen LogP contribution in [0.15, 0.2) is 15.6 Å². The molecule has 0 spiro atoms. The number of hydrogen-bond donors (Lipinski definition) is 2. The Kier molecular flexibility index (Phi) is 6.38. The van der Waals surface area contributed by atoms with Gasteiger partial charge < -0.3 is 15.1 Å². The highest BCUT2D eigenvalue weighted by molar-refractivity contribution is 7.88. The van der Waals surface area contributed by atoms with Gasteiger partial charge in [0.1, 0.15) is 5.76 Å². The molecule has 1 aromatic rings. The van der Waals surface area contributed by atoms with Crippen LogP contribution in [0.2, 0.25) is 0 Å². The number of carbonyl (C=O) groups is 1. The zero-order valence-electron chi connectivity index (χ0n) is 12.9. The summed E-state index contributed by atoms with van der Waals surface area (Å²) in [4.78, 5) is 12.0. The second-order valence-corrected chi connectivity index (χ2v) is 6.91. The summed E-state index contributed by atoms with van der Waals surface area (Å²) >= 11 is 0. The van der Waals surface area contributed by atoms with Crippen molar-refractivity contribution < 1.29 is 17.6 Å². The lowest BCUT2D eigenvalue weighted by Crippen LogP contribution is -2.32. The Morgan fingerprint density at radius 1 is 1.29 bits per heavy atom.